The molecule has 0 aromatic heterocycles. The first-order valence-electron chi connectivity index (χ1n) is 5.71. The molecule has 1 fully saturated rings. The maximum atomic E-state index is 13.3. The van der Waals surface area contributed by atoms with E-state index in [0.29, 0.717) is 0 Å². The summed E-state index contributed by atoms with van der Waals surface area (Å²) in [5.74, 6) is -2.49. The monoisotopic (exact) mass is 290 g/mol. The van der Waals surface area contributed by atoms with Crippen LogP contribution in [0.4, 0.5) is 4.39 Å². The molecule has 106 valence electrons. The third-order valence-corrected chi connectivity index (χ3v) is 3.68. The van der Waals surface area contributed by atoms with Gasteiger partial charge in [-0.25, -0.2) is 12.8 Å². The standard InChI is InChI=1S/C12H15FO5S/c1-19(15,16)8-12(17-7-11(6-14)18-12)9-3-2-4-10(13)5-9/h2-5,11,14H,6-8H2,1H3/t11-,12-/m0/s1. The molecule has 0 radical (unpaired) electrons. The van der Waals surface area contributed by atoms with Crippen LogP contribution >= 0.6 is 0 Å². The van der Waals surface area contributed by atoms with Crippen molar-refractivity contribution in [3.8, 4) is 0 Å². The van der Waals surface area contributed by atoms with Crippen molar-refractivity contribution in [1.82, 2.24) is 0 Å². The van der Waals surface area contributed by atoms with Gasteiger partial charge in [-0.3, -0.25) is 0 Å². The highest BCUT2D eigenvalue weighted by atomic mass is 32.2. The van der Waals surface area contributed by atoms with E-state index < -0.39 is 33.3 Å². The number of halogens is 1. The van der Waals surface area contributed by atoms with Crippen LogP contribution in [-0.2, 0) is 25.1 Å². The molecule has 0 aliphatic carbocycles. The van der Waals surface area contributed by atoms with E-state index in [0.717, 1.165) is 6.26 Å². The Balaban J connectivity index is 2.40. The second-order valence-electron chi connectivity index (χ2n) is 4.57. The molecule has 1 heterocycles. The molecule has 0 unspecified atom stereocenters. The Hall–Kier alpha value is -1.02. The van der Waals surface area contributed by atoms with Gasteiger partial charge in [0.15, 0.2) is 9.84 Å². The summed E-state index contributed by atoms with van der Waals surface area (Å²) < 4.78 is 47.3. The van der Waals surface area contributed by atoms with Crippen molar-refractivity contribution in [1.29, 1.82) is 0 Å². The summed E-state index contributed by atoms with van der Waals surface area (Å²) in [6.45, 7) is -0.233. The second-order valence-corrected chi connectivity index (χ2v) is 6.71. The van der Waals surface area contributed by atoms with Gasteiger partial charge in [-0.2, -0.15) is 0 Å². The van der Waals surface area contributed by atoms with Crippen LogP contribution in [0.1, 0.15) is 5.56 Å². The molecule has 19 heavy (non-hydrogen) atoms. The van der Waals surface area contributed by atoms with Gasteiger partial charge in [-0.05, 0) is 12.1 Å². The fraction of sp³-hybridized carbons (Fsp3) is 0.500. The van der Waals surface area contributed by atoms with Gasteiger partial charge >= 0.3 is 0 Å². The number of rotatable bonds is 4. The molecule has 1 aliphatic heterocycles. The molecular formula is C12H15FO5S. The maximum absolute atomic E-state index is 13.3. The maximum Gasteiger partial charge on any atom is 0.209 e. The topological polar surface area (TPSA) is 72.8 Å². The SMILES string of the molecule is CS(=O)(=O)C[C@]1(c2cccc(F)c2)OC[C@H](CO)O1. The third-order valence-electron chi connectivity index (χ3n) is 2.78. The van der Waals surface area contributed by atoms with Crippen LogP contribution in [0.3, 0.4) is 0 Å². The van der Waals surface area contributed by atoms with Crippen LogP contribution in [0.15, 0.2) is 24.3 Å². The normalized spacial score (nSPS) is 27.6. The van der Waals surface area contributed by atoms with Gasteiger partial charge in [0.1, 0.15) is 17.7 Å². The van der Waals surface area contributed by atoms with Crippen molar-refractivity contribution >= 4 is 9.84 Å². The first kappa shape index (κ1) is 14.4. The van der Waals surface area contributed by atoms with Gasteiger partial charge in [-0.1, -0.05) is 12.1 Å². The van der Waals surface area contributed by atoms with E-state index in [-0.39, 0.29) is 18.8 Å². The van der Waals surface area contributed by atoms with Crippen molar-refractivity contribution in [2.75, 3.05) is 25.2 Å². The predicted octanol–water partition coefficient (Wildman–Crippen LogP) is 0.431. The summed E-state index contributed by atoms with van der Waals surface area (Å²) in [6.07, 6.45) is 0.428. The lowest BCUT2D eigenvalue weighted by atomic mass is 10.1. The lowest BCUT2D eigenvalue weighted by molar-refractivity contribution is -0.162. The highest BCUT2D eigenvalue weighted by Gasteiger charge is 2.45. The summed E-state index contributed by atoms with van der Waals surface area (Å²) in [5.41, 5.74) is 0.286. The Kier molecular flexibility index (Phi) is 3.91. The molecule has 1 N–H and O–H groups in total. The minimum atomic E-state index is -3.41. The fourth-order valence-electron chi connectivity index (χ4n) is 2.04. The summed E-state index contributed by atoms with van der Waals surface area (Å²) in [6, 6.07) is 5.41. The van der Waals surface area contributed by atoms with Crippen molar-refractivity contribution in [2.24, 2.45) is 0 Å². The highest BCUT2D eigenvalue weighted by molar-refractivity contribution is 7.90. The largest absolute Gasteiger partial charge is 0.394 e. The van der Waals surface area contributed by atoms with Crippen LogP contribution in [0.5, 0.6) is 0 Å². The fourth-order valence-corrected chi connectivity index (χ4v) is 3.04. The summed E-state index contributed by atoms with van der Waals surface area (Å²) in [5, 5.41) is 9.07. The van der Waals surface area contributed by atoms with Crippen LogP contribution in [0.2, 0.25) is 0 Å². The summed E-state index contributed by atoms with van der Waals surface area (Å²) in [7, 11) is -3.41. The van der Waals surface area contributed by atoms with E-state index in [4.69, 9.17) is 14.6 Å². The van der Waals surface area contributed by atoms with E-state index in [9.17, 15) is 12.8 Å². The van der Waals surface area contributed by atoms with Crippen molar-refractivity contribution in [3.63, 3.8) is 0 Å². The van der Waals surface area contributed by atoms with E-state index >= 15 is 0 Å². The molecule has 0 bridgehead atoms. The molecule has 1 aromatic rings. The van der Waals surface area contributed by atoms with Crippen LogP contribution in [0.25, 0.3) is 0 Å². The number of hydrogen-bond donors (Lipinski definition) is 1. The number of hydrogen-bond acceptors (Lipinski definition) is 5. The number of sulfone groups is 1. The Morgan fingerprint density at radius 2 is 2.26 bits per heavy atom. The Bertz CT molecular complexity index is 559. The van der Waals surface area contributed by atoms with E-state index in [1.807, 2.05) is 0 Å². The van der Waals surface area contributed by atoms with E-state index in [2.05, 4.69) is 0 Å². The number of aliphatic hydroxyl groups excluding tert-OH is 1. The molecule has 0 saturated carbocycles. The van der Waals surface area contributed by atoms with Crippen LogP contribution in [-0.4, -0.2) is 44.9 Å². The van der Waals surface area contributed by atoms with E-state index in [1.165, 1.54) is 24.3 Å². The smallest absolute Gasteiger partial charge is 0.209 e. The van der Waals surface area contributed by atoms with E-state index in [1.54, 1.807) is 0 Å². The molecule has 0 amide bonds. The quantitative estimate of drug-likeness (QED) is 0.870. The van der Waals surface area contributed by atoms with Crippen LogP contribution < -0.4 is 0 Å². The molecule has 1 aromatic carbocycles. The number of ether oxygens (including phenoxy) is 2. The van der Waals surface area contributed by atoms with Crippen molar-refractivity contribution < 1.29 is 27.4 Å². The number of benzene rings is 1. The van der Waals surface area contributed by atoms with Gasteiger partial charge in [0.25, 0.3) is 0 Å². The number of aliphatic hydroxyl groups is 1. The average molecular weight is 290 g/mol. The minimum absolute atomic E-state index is 0.0581. The van der Waals surface area contributed by atoms with Gasteiger partial charge in [0.2, 0.25) is 5.79 Å². The van der Waals surface area contributed by atoms with Crippen LogP contribution in [0, 0.1) is 5.82 Å². The Labute approximate surface area is 110 Å². The van der Waals surface area contributed by atoms with Gasteiger partial charge in [0.05, 0.1) is 13.2 Å². The average Bonchev–Trinajstić information content (AvgIpc) is 2.71. The zero-order chi connectivity index (χ0) is 14.1. The third kappa shape index (κ3) is 3.30. The molecule has 1 aliphatic rings. The zero-order valence-corrected chi connectivity index (χ0v) is 11.2. The molecule has 0 spiro atoms. The van der Waals surface area contributed by atoms with Gasteiger partial charge in [-0.15, -0.1) is 0 Å². The second kappa shape index (κ2) is 5.16. The highest BCUT2D eigenvalue weighted by Crippen LogP contribution is 2.35. The Morgan fingerprint density at radius 3 is 2.79 bits per heavy atom. The first-order chi connectivity index (χ1) is 8.85. The molecule has 1 saturated heterocycles. The zero-order valence-electron chi connectivity index (χ0n) is 10.4. The first-order valence-corrected chi connectivity index (χ1v) is 7.77. The Morgan fingerprint density at radius 1 is 1.53 bits per heavy atom. The molecule has 2 rings (SSSR count). The van der Waals surface area contributed by atoms with Crippen molar-refractivity contribution in [3.05, 3.63) is 35.6 Å². The predicted molar refractivity (Wildman–Crippen MR) is 65.7 cm³/mol. The molecule has 2 atom stereocenters. The summed E-state index contributed by atoms with van der Waals surface area (Å²) >= 11 is 0. The molecule has 7 heteroatoms. The van der Waals surface area contributed by atoms with Gasteiger partial charge < -0.3 is 14.6 Å². The summed E-state index contributed by atoms with van der Waals surface area (Å²) in [4.78, 5) is 0. The lowest BCUT2D eigenvalue weighted by Crippen LogP contribution is -2.36. The minimum Gasteiger partial charge on any atom is -0.394 e. The van der Waals surface area contributed by atoms with Crippen molar-refractivity contribution in [2.45, 2.75) is 11.9 Å². The molecule has 5 nitrogen and oxygen atoms in total. The molecular weight excluding hydrogens is 275 g/mol. The lowest BCUT2D eigenvalue weighted by Gasteiger charge is -2.27. The van der Waals surface area contributed by atoms with Gasteiger partial charge in [0, 0.05) is 11.8 Å².